The summed E-state index contributed by atoms with van der Waals surface area (Å²) in [6.07, 6.45) is 0.775. The van der Waals surface area contributed by atoms with Gasteiger partial charge in [-0.3, -0.25) is 4.79 Å². The number of nitrogens with two attached hydrogens (primary N) is 1. The highest BCUT2D eigenvalue weighted by molar-refractivity contribution is 5.77. The van der Waals surface area contributed by atoms with Gasteiger partial charge in [0.2, 0.25) is 0 Å². The van der Waals surface area contributed by atoms with Gasteiger partial charge in [0.25, 0.3) is 5.91 Å². The van der Waals surface area contributed by atoms with Crippen LogP contribution in [0.25, 0.3) is 0 Å². The van der Waals surface area contributed by atoms with Gasteiger partial charge >= 0.3 is 0 Å². The third-order valence-corrected chi connectivity index (χ3v) is 2.03. The van der Waals surface area contributed by atoms with E-state index < -0.39 is 0 Å². The molecule has 0 heterocycles. The summed E-state index contributed by atoms with van der Waals surface area (Å²) in [6.45, 7) is 2.55. The van der Waals surface area contributed by atoms with Crippen molar-refractivity contribution in [3.63, 3.8) is 0 Å². The molecule has 0 radical (unpaired) electrons. The first-order valence-corrected chi connectivity index (χ1v) is 5.38. The summed E-state index contributed by atoms with van der Waals surface area (Å²) in [5.74, 6) is 0.578. The lowest BCUT2D eigenvalue weighted by molar-refractivity contribution is -0.123. The molecule has 0 aliphatic rings. The summed E-state index contributed by atoms with van der Waals surface area (Å²) in [5.41, 5.74) is 5.56. The van der Waals surface area contributed by atoms with Crippen LogP contribution in [0.1, 0.15) is 13.3 Å². The van der Waals surface area contributed by atoms with Gasteiger partial charge in [0.1, 0.15) is 5.75 Å². The largest absolute Gasteiger partial charge is 0.484 e. The molecule has 88 valence electrons. The molecule has 1 unspecified atom stereocenters. The lowest BCUT2D eigenvalue weighted by Crippen LogP contribution is -2.32. The normalized spacial score (nSPS) is 11.9. The van der Waals surface area contributed by atoms with Gasteiger partial charge in [-0.2, -0.15) is 0 Å². The molecule has 0 fully saturated rings. The monoisotopic (exact) mass is 222 g/mol. The maximum Gasteiger partial charge on any atom is 0.257 e. The number of amides is 1. The van der Waals surface area contributed by atoms with Crippen LogP contribution >= 0.6 is 0 Å². The number of benzene rings is 1. The Morgan fingerprint density at radius 3 is 2.75 bits per heavy atom. The molecule has 0 aliphatic heterocycles. The summed E-state index contributed by atoms with van der Waals surface area (Å²) >= 11 is 0. The first kappa shape index (κ1) is 12.5. The van der Waals surface area contributed by atoms with E-state index in [0.29, 0.717) is 12.3 Å². The van der Waals surface area contributed by atoms with Crippen LogP contribution in [0.2, 0.25) is 0 Å². The Bertz CT molecular complexity index is 312. The Labute approximate surface area is 95.8 Å². The van der Waals surface area contributed by atoms with E-state index >= 15 is 0 Å². The predicted octanol–water partition coefficient (Wildman–Crippen LogP) is 0.919. The van der Waals surface area contributed by atoms with Crippen molar-refractivity contribution >= 4 is 5.91 Å². The number of hydrogen-bond acceptors (Lipinski definition) is 3. The van der Waals surface area contributed by atoms with Crippen molar-refractivity contribution in [1.29, 1.82) is 0 Å². The van der Waals surface area contributed by atoms with Crippen molar-refractivity contribution in [3.8, 4) is 5.75 Å². The number of carbonyl (C=O) groups excluding carboxylic acids is 1. The summed E-state index contributed by atoms with van der Waals surface area (Å²) in [6, 6.07) is 9.36. The standard InChI is InChI=1S/C12H18N2O2/c1-10(13)7-8-14-12(15)9-16-11-5-3-2-4-6-11/h2-6,10H,7-9,13H2,1H3,(H,14,15). The lowest BCUT2D eigenvalue weighted by atomic mass is 10.2. The maximum absolute atomic E-state index is 11.3. The molecule has 4 heteroatoms. The Balaban J connectivity index is 2.16. The molecular formula is C12H18N2O2. The molecule has 16 heavy (non-hydrogen) atoms. The number of para-hydroxylation sites is 1. The third-order valence-electron chi connectivity index (χ3n) is 2.03. The van der Waals surface area contributed by atoms with Gasteiger partial charge in [-0.05, 0) is 25.5 Å². The smallest absolute Gasteiger partial charge is 0.257 e. The first-order valence-electron chi connectivity index (χ1n) is 5.38. The fraction of sp³-hybridized carbons (Fsp3) is 0.417. The van der Waals surface area contributed by atoms with Gasteiger partial charge < -0.3 is 15.8 Å². The van der Waals surface area contributed by atoms with E-state index in [-0.39, 0.29) is 18.6 Å². The van der Waals surface area contributed by atoms with E-state index in [1.54, 1.807) is 0 Å². The predicted molar refractivity (Wildman–Crippen MR) is 63.2 cm³/mol. The first-order chi connectivity index (χ1) is 7.68. The summed E-state index contributed by atoms with van der Waals surface area (Å²) in [4.78, 5) is 11.3. The minimum atomic E-state index is -0.121. The van der Waals surface area contributed by atoms with Crippen molar-refractivity contribution in [3.05, 3.63) is 30.3 Å². The third kappa shape index (κ3) is 5.36. The molecule has 4 nitrogen and oxygen atoms in total. The fourth-order valence-corrected chi connectivity index (χ4v) is 1.16. The van der Waals surface area contributed by atoms with Crippen molar-refractivity contribution in [1.82, 2.24) is 5.32 Å². The number of carbonyl (C=O) groups is 1. The molecule has 1 amide bonds. The zero-order chi connectivity index (χ0) is 11.8. The minimum absolute atomic E-state index is 0.0446. The molecule has 0 bridgehead atoms. The van der Waals surface area contributed by atoms with Crippen molar-refractivity contribution in [2.24, 2.45) is 5.73 Å². The van der Waals surface area contributed by atoms with Gasteiger partial charge in [-0.1, -0.05) is 18.2 Å². The van der Waals surface area contributed by atoms with Gasteiger partial charge in [0.15, 0.2) is 6.61 Å². The zero-order valence-electron chi connectivity index (χ0n) is 9.48. The highest BCUT2D eigenvalue weighted by Crippen LogP contribution is 2.07. The van der Waals surface area contributed by atoms with Crippen molar-refractivity contribution < 1.29 is 9.53 Å². The Hall–Kier alpha value is -1.55. The van der Waals surface area contributed by atoms with Crippen LogP contribution in [-0.4, -0.2) is 25.1 Å². The highest BCUT2D eigenvalue weighted by atomic mass is 16.5. The van der Waals surface area contributed by atoms with Gasteiger partial charge in [0, 0.05) is 12.6 Å². The molecule has 1 aromatic carbocycles. The van der Waals surface area contributed by atoms with E-state index in [1.165, 1.54) is 0 Å². The summed E-state index contributed by atoms with van der Waals surface area (Å²) in [7, 11) is 0. The quantitative estimate of drug-likeness (QED) is 0.752. The van der Waals surface area contributed by atoms with Crippen LogP contribution in [0.4, 0.5) is 0 Å². The topological polar surface area (TPSA) is 64.3 Å². The number of ether oxygens (including phenoxy) is 1. The summed E-state index contributed by atoms with van der Waals surface area (Å²) < 4.78 is 5.28. The van der Waals surface area contributed by atoms with E-state index in [9.17, 15) is 4.79 Å². The average molecular weight is 222 g/mol. The van der Waals surface area contributed by atoms with Crippen molar-refractivity contribution in [2.75, 3.05) is 13.2 Å². The molecule has 0 spiro atoms. The molecule has 0 saturated heterocycles. The van der Waals surface area contributed by atoms with Gasteiger partial charge in [-0.25, -0.2) is 0 Å². The molecule has 3 N–H and O–H groups in total. The van der Waals surface area contributed by atoms with Crippen LogP contribution in [0, 0.1) is 0 Å². The Morgan fingerprint density at radius 1 is 1.44 bits per heavy atom. The second-order valence-electron chi connectivity index (χ2n) is 3.72. The van der Waals surface area contributed by atoms with E-state index in [1.807, 2.05) is 37.3 Å². The zero-order valence-corrected chi connectivity index (χ0v) is 9.48. The highest BCUT2D eigenvalue weighted by Gasteiger charge is 2.02. The number of rotatable bonds is 6. The lowest BCUT2D eigenvalue weighted by Gasteiger charge is -2.08. The molecule has 1 rings (SSSR count). The molecule has 0 aromatic heterocycles. The van der Waals surface area contributed by atoms with Crippen LogP contribution in [0.15, 0.2) is 30.3 Å². The van der Waals surface area contributed by atoms with Crippen LogP contribution < -0.4 is 15.8 Å². The molecule has 1 atom stereocenters. The Morgan fingerprint density at radius 2 is 2.12 bits per heavy atom. The molecule has 0 aliphatic carbocycles. The average Bonchev–Trinajstić information content (AvgIpc) is 2.27. The fourth-order valence-electron chi connectivity index (χ4n) is 1.16. The van der Waals surface area contributed by atoms with Crippen LogP contribution in [0.3, 0.4) is 0 Å². The second-order valence-corrected chi connectivity index (χ2v) is 3.72. The minimum Gasteiger partial charge on any atom is -0.484 e. The van der Waals surface area contributed by atoms with Crippen LogP contribution in [0.5, 0.6) is 5.75 Å². The van der Waals surface area contributed by atoms with Crippen LogP contribution in [-0.2, 0) is 4.79 Å². The number of nitrogens with one attached hydrogen (secondary N) is 1. The van der Waals surface area contributed by atoms with E-state index in [2.05, 4.69) is 5.32 Å². The van der Waals surface area contributed by atoms with E-state index in [4.69, 9.17) is 10.5 Å². The van der Waals surface area contributed by atoms with Gasteiger partial charge in [0.05, 0.1) is 0 Å². The summed E-state index contributed by atoms with van der Waals surface area (Å²) in [5, 5.41) is 2.74. The SMILES string of the molecule is CC(N)CCNC(=O)COc1ccccc1. The maximum atomic E-state index is 11.3. The number of hydrogen-bond donors (Lipinski definition) is 2. The van der Waals surface area contributed by atoms with Gasteiger partial charge in [-0.15, -0.1) is 0 Å². The Kier molecular flexibility index (Phi) is 5.36. The second kappa shape index (κ2) is 6.85. The van der Waals surface area contributed by atoms with Crippen molar-refractivity contribution in [2.45, 2.75) is 19.4 Å². The molecular weight excluding hydrogens is 204 g/mol. The molecule has 0 saturated carbocycles. The van der Waals surface area contributed by atoms with E-state index in [0.717, 1.165) is 6.42 Å². The molecule has 1 aromatic rings.